The number of aromatic nitrogens is 4. The smallest absolute Gasteiger partial charge is 0.233 e. The number of rotatable bonds is 6. The van der Waals surface area contributed by atoms with Crippen LogP contribution in [0, 0.1) is 11.8 Å². The Balaban J connectivity index is 1.46. The van der Waals surface area contributed by atoms with Crippen LogP contribution in [0.1, 0.15) is 38.6 Å². The van der Waals surface area contributed by atoms with Crippen molar-refractivity contribution in [2.24, 2.45) is 11.8 Å². The van der Waals surface area contributed by atoms with Gasteiger partial charge in [-0.1, -0.05) is 26.0 Å². The van der Waals surface area contributed by atoms with E-state index >= 15 is 0 Å². The minimum atomic E-state index is -0.166. The lowest BCUT2D eigenvalue weighted by Gasteiger charge is -2.33. The van der Waals surface area contributed by atoms with Gasteiger partial charge < -0.3 is 19.9 Å². The molecule has 1 saturated heterocycles. The van der Waals surface area contributed by atoms with E-state index in [1.807, 2.05) is 30.3 Å². The van der Waals surface area contributed by atoms with Gasteiger partial charge in [-0.3, -0.25) is 4.79 Å². The third-order valence-electron chi connectivity index (χ3n) is 5.62. The SMILES string of the molecule is COc1ccc(N2CCC[C@H](C(=O)N[C@@H](c3nc4ccccc4[nH]3)C(C)C)C2)nn1. The van der Waals surface area contributed by atoms with Crippen LogP contribution in [0.15, 0.2) is 36.4 Å². The standard InChI is InChI=1S/C22H28N6O2/c1-14(2)20(21-23-16-8-4-5-9-17(16)24-21)25-22(29)15-7-6-12-28(13-15)18-10-11-19(30-3)27-26-18/h4-5,8-11,14-15,20H,6-7,12-13H2,1-3H3,(H,23,24)(H,25,29)/t15-,20+/m0/s1. The third kappa shape index (κ3) is 4.22. The quantitative estimate of drug-likeness (QED) is 0.651. The molecule has 2 aromatic heterocycles. The number of para-hydroxylation sites is 2. The number of aromatic amines is 1. The number of nitrogens with one attached hydrogen (secondary N) is 2. The first-order valence-electron chi connectivity index (χ1n) is 10.4. The van der Waals surface area contributed by atoms with E-state index < -0.39 is 0 Å². The Labute approximate surface area is 176 Å². The summed E-state index contributed by atoms with van der Waals surface area (Å²) < 4.78 is 5.08. The first kappa shape index (κ1) is 20.1. The maximum atomic E-state index is 13.1. The molecule has 0 radical (unpaired) electrons. The van der Waals surface area contributed by atoms with E-state index in [9.17, 15) is 4.79 Å². The van der Waals surface area contributed by atoms with Crippen molar-refractivity contribution in [3.8, 4) is 5.88 Å². The Morgan fingerprint density at radius 1 is 1.23 bits per heavy atom. The van der Waals surface area contributed by atoms with Gasteiger partial charge in [-0.25, -0.2) is 4.98 Å². The lowest BCUT2D eigenvalue weighted by molar-refractivity contribution is -0.126. The highest BCUT2D eigenvalue weighted by Crippen LogP contribution is 2.26. The van der Waals surface area contributed by atoms with E-state index in [1.165, 1.54) is 0 Å². The fourth-order valence-corrected chi connectivity index (χ4v) is 3.93. The molecule has 4 rings (SSSR count). The number of benzene rings is 1. The Bertz CT molecular complexity index is 967. The van der Waals surface area contributed by atoms with Crippen molar-refractivity contribution in [3.05, 3.63) is 42.2 Å². The number of H-pyrrole nitrogens is 1. The molecule has 2 atom stereocenters. The molecule has 0 aliphatic carbocycles. The second-order valence-electron chi connectivity index (χ2n) is 8.09. The van der Waals surface area contributed by atoms with Gasteiger partial charge in [0.15, 0.2) is 5.82 Å². The number of hydrogen-bond acceptors (Lipinski definition) is 6. The van der Waals surface area contributed by atoms with Crippen LogP contribution < -0.4 is 15.0 Å². The van der Waals surface area contributed by atoms with Gasteiger partial charge in [-0.15, -0.1) is 10.2 Å². The maximum Gasteiger partial charge on any atom is 0.233 e. The molecule has 0 bridgehead atoms. The molecule has 158 valence electrons. The van der Waals surface area contributed by atoms with Crippen LogP contribution in [0.5, 0.6) is 5.88 Å². The molecule has 30 heavy (non-hydrogen) atoms. The molecule has 3 aromatic rings. The molecule has 1 aliphatic heterocycles. The van der Waals surface area contributed by atoms with E-state index in [1.54, 1.807) is 13.2 Å². The highest BCUT2D eigenvalue weighted by Gasteiger charge is 2.30. The summed E-state index contributed by atoms with van der Waals surface area (Å²) in [5, 5.41) is 11.5. The first-order chi connectivity index (χ1) is 14.5. The number of ether oxygens (including phenoxy) is 1. The van der Waals surface area contributed by atoms with Crippen LogP contribution >= 0.6 is 0 Å². The van der Waals surface area contributed by atoms with Crippen molar-refractivity contribution in [1.82, 2.24) is 25.5 Å². The van der Waals surface area contributed by atoms with Gasteiger partial charge in [0.2, 0.25) is 11.8 Å². The van der Waals surface area contributed by atoms with E-state index in [0.717, 1.165) is 42.1 Å². The number of amides is 1. The highest BCUT2D eigenvalue weighted by molar-refractivity contribution is 5.80. The lowest BCUT2D eigenvalue weighted by Crippen LogP contribution is -2.45. The summed E-state index contributed by atoms with van der Waals surface area (Å²) in [6.45, 7) is 5.68. The molecule has 1 aromatic carbocycles. The molecule has 0 unspecified atom stereocenters. The fraction of sp³-hybridized carbons (Fsp3) is 0.455. The molecule has 3 heterocycles. The number of methoxy groups -OCH3 is 1. The van der Waals surface area contributed by atoms with Crippen molar-refractivity contribution in [2.75, 3.05) is 25.1 Å². The van der Waals surface area contributed by atoms with Crippen molar-refractivity contribution >= 4 is 22.8 Å². The summed E-state index contributed by atoms with van der Waals surface area (Å²) >= 11 is 0. The van der Waals surface area contributed by atoms with E-state index in [0.29, 0.717) is 12.4 Å². The summed E-state index contributed by atoms with van der Waals surface area (Å²) in [6, 6.07) is 11.4. The minimum absolute atomic E-state index is 0.0559. The van der Waals surface area contributed by atoms with Crippen LogP contribution in [-0.4, -0.2) is 46.3 Å². The number of nitrogens with zero attached hydrogens (tertiary/aromatic N) is 4. The van der Waals surface area contributed by atoms with Gasteiger partial charge in [-0.05, 0) is 37.0 Å². The predicted molar refractivity (Wildman–Crippen MR) is 115 cm³/mol. The van der Waals surface area contributed by atoms with Crippen LogP contribution in [0.25, 0.3) is 11.0 Å². The normalized spacial score (nSPS) is 17.9. The van der Waals surface area contributed by atoms with Gasteiger partial charge in [0.05, 0.1) is 30.1 Å². The topological polar surface area (TPSA) is 96.0 Å². The monoisotopic (exact) mass is 408 g/mol. The van der Waals surface area contributed by atoms with Crippen LogP contribution in [-0.2, 0) is 4.79 Å². The summed E-state index contributed by atoms with van der Waals surface area (Å²) in [7, 11) is 1.57. The van der Waals surface area contributed by atoms with Crippen molar-refractivity contribution in [2.45, 2.75) is 32.7 Å². The van der Waals surface area contributed by atoms with Gasteiger partial charge in [0.25, 0.3) is 0 Å². The Hall–Kier alpha value is -3.16. The molecule has 8 nitrogen and oxygen atoms in total. The van der Waals surface area contributed by atoms with E-state index in [-0.39, 0.29) is 23.8 Å². The average molecular weight is 409 g/mol. The summed E-state index contributed by atoms with van der Waals surface area (Å²) in [6.07, 6.45) is 1.79. The summed E-state index contributed by atoms with van der Waals surface area (Å²) in [4.78, 5) is 23.3. The zero-order chi connectivity index (χ0) is 21.1. The number of carbonyl (C=O) groups excluding carboxylic acids is 1. The van der Waals surface area contributed by atoms with E-state index in [2.05, 4.69) is 39.2 Å². The lowest BCUT2D eigenvalue weighted by atomic mass is 9.95. The van der Waals surface area contributed by atoms with Gasteiger partial charge >= 0.3 is 0 Å². The second kappa shape index (κ2) is 8.69. The Kier molecular flexibility index (Phi) is 5.83. The van der Waals surface area contributed by atoms with E-state index in [4.69, 9.17) is 9.72 Å². The molecule has 8 heteroatoms. The highest BCUT2D eigenvalue weighted by atomic mass is 16.5. The predicted octanol–water partition coefficient (Wildman–Crippen LogP) is 3.09. The van der Waals surface area contributed by atoms with Crippen molar-refractivity contribution in [1.29, 1.82) is 0 Å². The van der Waals surface area contributed by atoms with Gasteiger partial charge in [-0.2, -0.15) is 0 Å². The molecule has 2 N–H and O–H groups in total. The number of carbonyl (C=O) groups is 1. The van der Waals surface area contributed by atoms with Gasteiger partial charge in [0.1, 0.15) is 5.82 Å². The molecule has 0 saturated carbocycles. The first-order valence-corrected chi connectivity index (χ1v) is 10.4. The largest absolute Gasteiger partial charge is 0.480 e. The van der Waals surface area contributed by atoms with Gasteiger partial charge in [0, 0.05) is 19.2 Å². The molecule has 1 aliphatic rings. The molecular weight excluding hydrogens is 380 g/mol. The zero-order valence-electron chi connectivity index (χ0n) is 17.6. The van der Waals surface area contributed by atoms with Crippen molar-refractivity contribution < 1.29 is 9.53 Å². The third-order valence-corrected chi connectivity index (χ3v) is 5.62. The molecule has 1 amide bonds. The van der Waals surface area contributed by atoms with Crippen LogP contribution in [0.3, 0.4) is 0 Å². The van der Waals surface area contributed by atoms with Crippen LogP contribution in [0.2, 0.25) is 0 Å². The fourth-order valence-electron chi connectivity index (χ4n) is 3.93. The molecule has 1 fully saturated rings. The number of hydrogen-bond donors (Lipinski definition) is 2. The minimum Gasteiger partial charge on any atom is -0.480 e. The number of imidazole rings is 1. The Morgan fingerprint density at radius 2 is 2.07 bits per heavy atom. The molecule has 0 spiro atoms. The average Bonchev–Trinajstić information content (AvgIpc) is 3.21. The summed E-state index contributed by atoms with van der Waals surface area (Å²) in [5.74, 6) is 2.21. The summed E-state index contributed by atoms with van der Waals surface area (Å²) in [5.41, 5.74) is 1.89. The number of anilines is 1. The second-order valence-corrected chi connectivity index (χ2v) is 8.09. The zero-order valence-corrected chi connectivity index (χ0v) is 17.6. The van der Waals surface area contributed by atoms with Crippen molar-refractivity contribution in [3.63, 3.8) is 0 Å². The molecular formula is C22H28N6O2. The number of fused-ring (bicyclic) bond motifs is 1. The number of piperidine rings is 1. The van der Waals surface area contributed by atoms with Crippen LogP contribution in [0.4, 0.5) is 5.82 Å². The maximum absolute atomic E-state index is 13.1. The Morgan fingerprint density at radius 3 is 2.77 bits per heavy atom.